The molecule has 0 saturated heterocycles. The van der Waals surface area contributed by atoms with Gasteiger partial charge in [-0.25, -0.2) is 4.79 Å². The molecule has 0 atom stereocenters. The fourth-order valence-electron chi connectivity index (χ4n) is 1.80. The van der Waals surface area contributed by atoms with E-state index in [9.17, 15) is 14.9 Å². The van der Waals surface area contributed by atoms with Crippen LogP contribution in [0.25, 0.3) is 0 Å². The number of non-ortho nitro benzene ring substituents is 1. The van der Waals surface area contributed by atoms with E-state index in [4.69, 9.17) is 9.47 Å². The number of nitro benzene ring substituents is 1. The number of rotatable bonds is 5. The second-order valence-corrected chi connectivity index (χ2v) is 6.80. The van der Waals surface area contributed by atoms with Crippen LogP contribution in [0.15, 0.2) is 36.4 Å². The molecule has 0 unspecified atom stereocenters. The van der Waals surface area contributed by atoms with Gasteiger partial charge >= 0.3 is 5.97 Å². The van der Waals surface area contributed by atoms with E-state index < -0.39 is 10.9 Å². The summed E-state index contributed by atoms with van der Waals surface area (Å²) in [5, 5.41) is 10.6. The maximum Gasteiger partial charge on any atom is 0.337 e. The molecule has 0 aliphatic carbocycles. The molecule has 8 heteroatoms. The Balaban J connectivity index is 2.14. The summed E-state index contributed by atoms with van der Waals surface area (Å²) in [6.45, 7) is 0.279. The smallest absolute Gasteiger partial charge is 0.337 e. The highest BCUT2D eigenvalue weighted by molar-refractivity contribution is 14.1. The molecular formula is C15H11I2NO5. The summed E-state index contributed by atoms with van der Waals surface area (Å²) in [6.07, 6.45) is 0. The topological polar surface area (TPSA) is 78.7 Å². The summed E-state index contributed by atoms with van der Waals surface area (Å²) in [5.41, 5.74) is 1.32. The number of ether oxygens (including phenoxy) is 2. The number of nitro groups is 1. The Morgan fingerprint density at radius 2 is 1.74 bits per heavy atom. The minimum Gasteiger partial charge on any atom is -0.487 e. The molecule has 0 bridgehead atoms. The van der Waals surface area contributed by atoms with Crippen molar-refractivity contribution >= 4 is 56.8 Å². The van der Waals surface area contributed by atoms with E-state index in [1.807, 2.05) is 0 Å². The van der Waals surface area contributed by atoms with Gasteiger partial charge in [-0.2, -0.15) is 0 Å². The minimum atomic E-state index is -0.442. The van der Waals surface area contributed by atoms with Crippen LogP contribution in [0.1, 0.15) is 15.9 Å². The summed E-state index contributed by atoms with van der Waals surface area (Å²) in [5.74, 6) is 0.264. The van der Waals surface area contributed by atoms with Crippen LogP contribution in [0.5, 0.6) is 5.75 Å². The molecule has 0 fully saturated rings. The fraction of sp³-hybridized carbons (Fsp3) is 0.133. The highest BCUT2D eigenvalue weighted by atomic mass is 127. The first-order chi connectivity index (χ1) is 10.9. The van der Waals surface area contributed by atoms with Crippen LogP contribution in [0.4, 0.5) is 5.69 Å². The summed E-state index contributed by atoms with van der Waals surface area (Å²) in [6, 6.07) is 9.57. The van der Waals surface area contributed by atoms with Crippen LogP contribution in [-0.2, 0) is 11.3 Å². The fourth-order valence-corrected chi connectivity index (χ4v) is 3.88. The molecule has 0 heterocycles. The van der Waals surface area contributed by atoms with Gasteiger partial charge in [-0.05, 0) is 75.0 Å². The Labute approximate surface area is 159 Å². The largest absolute Gasteiger partial charge is 0.487 e. The SMILES string of the molecule is COC(=O)c1cc(I)c(OCc2ccc([N+](=O)[O-])cc2)c(I)c1. The van der Waals surface area contributed by atoms with Gasteiger partial charge in [-0.15, -0.1) is 0 Å². The quantitative estimate of drug-likeness (QED) is 0.247. The zero-order valence-corrected chi connectivity index (χ0v) is 16.2. The monoisotopic (exact) mass is 539 g/mol. The normalized spacial score (nSPS) is 10.2. The first kappa shape index (κ1) is 17.9. The van der Waals surface area contributed by atoms with Crippen molar-refractivity contribution in [1.29, 1.82) is 0 Å². The van der Waals surface area contributed by atoms with Crippen molar-refractivity contribution in [3.05, 3.63) is 64.8 Å². The van der Waals surface area contributed by atoms with Crippen molar-refractivity contribution in [3.63, 3.8) is 0 Å². The summed E-state index contributed by atoms with van der Waals surface area (Å²) in [7, 11) is 1.33. The maximum atomic E-state index is 11.6. The van der Waals surface area contributed by atoms with Crippen molar-refractivity contribution < 1.29 is 19.2 Å². The average Bonchev–Trinajstić information content (AvgIpc) is 2.53. The molecular weight excluding hydrogens is 528 g/mol. The highest BCUT2D eigenvalue weighted by Gasteiger charge is 2.14. The highest BCUT2D eigenvalue weighted by Crippen LogP contribution is 2.30. The molecule has 0 aromatic heterocycles. The van der Waals surface area contributed by atoms with Crippen molar-refractivity contribution in [2.75, 3.05) is 7.11 Å². The van der Waals surface area contributed by atoms with E-state index in [-0.39, 0.29) is 12.3 Å². The molecule has 120 valence electrons. The first-order valence-electron chi connectivity index (χ1n) is 6.36. The lowest BCUT2D eigenvalue weighted by Gasteiger charge is -2.12. The number of methoxy groups -OCH3 is 1. The Hall–Kier alpha value is -1.43. The van der Waals surface area contributed by atoms with E-state index in [0.29, 0.717) is 11.3 Å². The molecule has 0 radical (unpaired) electrons. The number of halogens is 2. The van der Waals surface area contributed by atoms with Crippen LogP contribution in [0.3, 0.4) is 0 Å². The number of carbonyl (C=O) groups excluding carboxylic acids is 1. The maximum absolute atomic E-state index is 11.6. The third-order valence-corrected chi connectivity index (χ3v) is 4.55. The number of esters is 1. The van der Waals surface area contributed by atoms with Gasteiger partial charge in [0.1, 0.15) is 12.4 Å². The van der Waals surface area contributed by atoms with E-state index in [2.05, 4.69) is 45.2 Å². The van der Waals surface area contributed by atoms with Gasteiger partial charge in [0.25, 0.3) is 5.69 Å². The van der Waals surface area contributed by atoms with Crippen LogP contribution in [0.2, 0.25) is 0 Å². The van der Waals surface area contributed by atoms with Crippen molar-refractivity contribution in [2.24, 2.45) is 0 Å². The number of benzene rings is 2. The van der Waals surface area contributed by atoms with E-state index in [1.54, 1.807) is 24.3 Å². The number of nitrogens with zero attached hydrogens (tertiary/aromatic N) is 1. The molecule has 2 aromatic carbocycles. The Bertz CT molecular complexity index is 723. The Morgan fingerprint density at radius 3 is 2.22 bits per heavy atom. The van der Waals surface area contributed by atoms with E-state index in [0.717, 1.165) is 12.7 Å². The average molecular weight is 539 g/mol. The zero-order valence-electron chi connectivity index (χ0n) is 11.9. The molecule has 0 aliphatic heterocycles. The van der Waals surface area contributed by atoms with Crippen molar-refractivity contribution in [3.8, 4) is 5.75 Å². The molecule has 0 spiro atoms. The van der Waals surface area contributed by atoms with Crippen LogP contribution in [0, 0.1) is 17.3 Å². The first-order valence-corrected chi connectivity index (χ1v) is 8.51. The molecule has 0 amide bonds. The second kappa shape index (κ2) is 7.90. The number of hydrogen-bond donors (Lipinski definition) is 0. The lowest BCUT2D eigenvalue weighted by Crippen LogP contribution is -2.05. The third-order valence-electron chi connectivity index (χ3n) is 2.95. The van der Waals surface area contributed by atoms with Gasteiger partial charge in [0.15, 0.2) is 0 Å². The molecule has 23 heavy (non-hydrogen) atoms. The Morgan fingerprint density at radius 1 is 1.17 bits per heavy atom. The summed E-state index contributed by atoms with van der Waals surface area (Å²) in [4.78, 5) is 21.8. The van der Waals surface area contributed by atoms with Crippen LogP contribution >= 0.6 is 45.2 Å². The van der Waals surface area contributed by atoms with Gasteiger partial charge in [0, 0.05) is 12.1 Å². The van der Waals surface area contributed by atoms with Crippen LogP contribution < -0.4 is 4.74 Å². The van der Waals surface area contributed by atoms with Gasteiger partial charge in [-0.1, -0.05) is 0 Å². The lowest BCUT2D eigenvalue weighted by atomic mass is 10.2. The summed E-state index contributed by atoms with van der Waals surface area (Å²) >= 11 is 4.18. The minimum absolute atomic E-state index is 0.0420. The lowest BCUT2D eigenvalue weighted by molar-refractivity contribution is -0.384. The number of hydrogen-bond acceptors (Lipinski definition) is 5. The van der Waals surface area contributed by atoms with Gasteiger partial charge < -0.3 is 9.47 Å². The third kappa shape index (κ3) is 4.53. The van der Waals surface area contributed by atoms with E-state index >= 15 is 0 Å². The molecule has 2 aromatic rings. The van der Waals surface area contributed by atoms with Crippen molar-refractivity contribution in [2.45, 2.75) is 6.61 Å². The van der Waals surface area contributed by atoms with Gasteiger partial charge in [0.05, 0.1) is 24.7 Å². The summed E-state index contributed by atoms with van der Waals surface area (Å²) < 4.78 is 12.1. The standard InChI is InChI=1S/C15H11I2NO5/c1-22-15(19)10-6-12(16)14(13(17)7-10)23-8-9-2-4-11(5-3-9)18(20)21/h2-7H,8H2,1H3. The van der Waals surface area contributed by atoms with Gasteiger partial charge in [-0.3, -0.25) is 10.1 Å². The second-order valence-electron chi connectivity index (χ2n) is 4.47. The molecule has 0 saturated carbocycles. The number of carbonyl (C=O) groups is 1. The van der Waals surface area contributed by atoms with Crippen molar-refractivity contribution in [1.82, 2.24) is 0 Å². The van der Waals surface area contributed by atoms with E-state index in [1.165, 1.54) is 19.2 Å². The zero-order chi connectivity index (χ0) is 17.0. The van der Waals surface area contributed by atoms with Gasteiger partial charge in [0.2, 0.25) is 0 Å². The predicted molar refractivity (Wildman–Crippen MR) is 101 cm³/mol. The molecule has 0 N–H and O–H groups in total. The molecule has 2 rings (SSSR count). The molecule has 6 nitrogen and oxygen atoms in total. The van der Waals surface area contributed by atoms with Crippen LogP contribution in [-0.4, -0.2) is 18.0 Å². The Kier molecular flexibility index (Phi) is 6.16. The predicted octanol–water partition coefficient (Wildman–Crippen LogP) is 4.17. The molecule has 0 aliphatic rings.